The van der Waals surface area contributed by atoms with E-state index < -0.39 is 11.7 Å². The van der Waals surface area contributed by atoms with Gasteiger partial charge in [-0.1, -0.05) is 29.8 Å². The highest BCUT2D eigenvalue weighted by molar-refractivity contribution is 6.33. The Labute approximate surface area is 119 Å². The van der Waals surface area contributed by atoms with E-state index in [-0.39, 0.29) is 0 Å². The van der Waals surface area contributed by atoms with Crippen LogP contribution in [0.15, 0.2) is 42.5 Å². The van der Waals surface area contributed by atoms with E-state index in [2.05, 4.69) is 5.32 Å². The summed E-state index contributed by atoms with van der Waals surface area (Å²) in [5.41, 5.74) is 6.91. The van der Waals surface area contributed by atoms with Gasteiger partial charge in [0.15, 0.2) is 0 Å². The average Bonchev–Trinajstić information content (AvgIpc) is 2.40. The van der Waals surface area contributed by atoms with Gasteiger partial charge in [-0.2, -0.15) is 13.2 Å². The highest BCUT2D eigenvalue weighted by Gasteiger charge is 2.29. The molecule has 3 N–H and O–H groups in total. The van der Waals surface area contributed by atoms with Crippen molar-refractivity contribution in [1.82, 2.24) is 0 Å². The topological polar surface area (TPSA) is 38.0 Å². The second kappa shape index (κ2) is 5.63. The molecule has 0 aliphatic carbocycles. The third-order valence-corrected chi connectivity index (χ3v) is 3.15. The number of nitrogen functional groups attached to an aromatic ring is 1. The number of alkyl halides is 3. The predicted octanol–water partition coefficient (Wildman–Crippen LogP) is 4.55. The van der Waals surface area contributed by atoms with Crippen molar-refractivity contribution in [3.05, 3.63) is 58.6 Å². The zero-order valence-corrected chi connectivity index (χ0v) is 11.1. The summed E-state index contributed by atoms with van der Waals surface area (Å²) >= 11 is 5.88. The molecule has 0 amide bonds. The summed E-state index contributed by atoms with van der Waals surface area (Å²) in [6.45, 7) is 0.364. The molecule has 0 aromatic heterocycles. The van der Waals surface area contributed by atoms with Crippen molar-refractivity contribution in [2.75, 3.05) is 11.1 Å². The van der Waals surface area contributed by atoms with Gasteiger partial charge in [0, 0.05) is 6.54 Å². The van der Waals surface area contributed by atoms with Gasteiger partial charge in [-0.05, 0) is 29.8 Å². The fraction of sp³-hybridized carbons (Fsp3) is 0.143. The first-order valence-corrected chi connectivity index (χ1v) is 6.20. The third-order valence-electron chi connectivity index (χ3n) is 2.82. The van der Waals surface area contributed by atoms with Crippen LogP contribution in [0.4, 0.5) is 24.5 Å². The number of benzene rings is 2. The normalized spacial score (nSPS) is 11.4. The Morgan fingerprint density at radius 1 is 1.05 bits per heavy atom. The lowest BCUT2D eigenvalue weighted by Gasteiger charge is -2.11. The average molecular weight is 301 g/mol. The summed E-state index contributed by atoms with van der Waals surface area (Å²) in [4.78, 5) is 0. The van der Waals surface area contributed by atoms with Gasteiger partial charge in [-0.3, -0.25) is 0 Å². The summed E-state index contributed by atoms with van der Waals surface area (Å²) in [6.07, 6.45) is -4.32. The molecule has 0 aliphatic rings. The third kappa shape index (κ3) is 3.36. The molecular formula is C14H12ClF3N2. The maximum Gasteiger partial charge on any atom is 0.416 e. The fourth-order valence-electron chi connectivity index (χ4n) is 1.70. The minimum Gasteiger partial charge on any atom is -0.396 e. The number of anilines is 2. The molecule has 0 fully saturated rings. The molecule has 2 aromatic carbocycles. The number of hydrogen-bond acceptors (Lipinski definition) is 2. The van der Waals surface area contributed by atoms with Crippen molar-refractivity contribution in [2.24, 2.45) is 0 Å². The minimum atomic E-state index is -4.32. The number of nitrogens with one attached hydrogen (secondary N) is 1. The van der Waals surface area contributed by atoms with Crippen molar-refractivity contribution >= 4 is 23.0 Å². The van der Waals surface area contributed by atoms with E-state index in [1.807, 2.05) is 0 Å². The summed E-state index contributed by atoms with van der Waals surface area (Å²) < 4.78 is 37.3. The number of hydrogen-bond donors (Lipinski definition) is 2. The highest BCUT2D eigenvalue weighted by atomic mass is 35.5. The Balaban J connectivity index is 2.06. The van der Waals surface area contributed by atoms with E-state index in [0.717, 1.165) is 17.7 Å². The molecule has 0 spiro atoms. The van der Waals surface area contributed by atoms with Crippen molar-refractivity contribution in [3.8, 4) is 0 Å². The molecule has 0 atom stereocenters. The predicted molar refractivity (Wildman–Crippen MR) is 74.6 cm³/mol. The summed E-state index contributed by atoms with van der Waals surface area (Å²) in [6, 6.07) is 10.1. The highest BCUT2D eigenvalue weighted by Crippen LogP contribution is 2.30. The van der Waals surface area contributed by atoms with Crippen LogP contribution >= 0.6 is 11.6 Å². The molecule has 0 heterocycles. The zero-order chi connectivity index (χ0) is 14.8. The number of para-hydroxylation sites is 1. The number of nitrogens with two attached hydrogens (primary N) is 1. The zero-order valence-electron chi connectivity index (χ0n) is 10.3. The summed E-state index contributed by atoms with van der Waals surface area (Å²) in [5, 5.41) is 3.47. The lowest BCUT2D eigenvalue weighted by molar-refractivity contribution is -0.137. The number of halogens is 4. The van der Waals surface area contributed by atoms with E-state index >= 15 is 0 Å². The van der Waals surface area contributed by atoms with Crippen molar-refractivity contribution < 1.29 is 13.2 Å². The Morgan fingerprint density at radius 3 is 2.30 bits per heavy atom. The van der Waals surface area contributed by atoms with Crippen LogP contribution in [0.3, 0.4) is 0 Å². The molecule has 0 unspecified atom stereocenters. The Hall–Kier alpha value is -1.88. The van der Waals surface area contributed by atoms with E-state index in [1.54, 1.807) is 18.2 Å². The monoisotopic (exact) mass is 300 g/mol. The van der Waals surface area contributed by atoms with Crippen LogP contribution < -0.4 is 11.1 Å². The van der Waals surface area contributed by atoms with Crippen LogP contribution in [0.1, 0.15) is 11.1 Å². The van der Waals surface area contributed by atoms with Crippen molar-refractivity contribution in [3.63, 3.8) is 0 Å². The van der Waals surface area contributed by atoms with Crippen LogP contribution in [0.5, 0.6) is 0 Å². The maximum absolute atomic E-state index is 12.4. The molecule has 0 saturated heterocycles. The molecule has 0 bridgehead atoms. The number of rotatable bonds is 3. The van der Waals surface area contributed by atoms with Gasteiger partial charge in [-0.25, -0.2) is 0 Å². The second-order valence-corrected chi connectivity index (χ2v) is 4.66. The van der Waals surface area contributed by atoms with Gasteiger partial charge in [0.1, 0.15) is 0 Å². The van der Waals surface area contributed by atoms with Crippen LogP contribution in [0.2, 0.25) is 5.02 Å². The minimum absolute atomic E-state index is 0.364. The van der Waals surface area contributed by atoms with Crippen molar-refractivity contribution in [2.45, 2.75) is 12.7 Å². The molecule has 106 valence electrons. The Kier molecular flexibility index (Phi) is 4.09. The van der Waals surface area contributed by atoms with Gasteiger partial charge < -0.3 is 11.1 Å². The van der Waals surface area contributed by atoms with E-state index in [9.17, 15) is 13.2 Å². The van der Waals surface area contributed by atoms with Gasteiger partial charge in [0.05, 0.1) is 22.0 Å². The fourth-order valence-corrected chi connectivity index (χ4v) is 1.87. The molecule has 20 heavy (non-hydrogen) atoms. The van der Waals surface area contributed by atoms with Crippen LogP contribution in [0.25, 0.3) is 0 Å². The van der Waals surface area contributed by atoms with Crippen LogP contribution in [-0.4, -0.2) is 0 Å². The molecule has 0 saturated carbocycles. The first kappa shape index (κ1) is 14.5. The largest absolute Gasteiger partial charge is 0.416 e. The van der Waals surface area contributed by atoms with Gasteiger partial charge >= 0.3 is 6.18 Å². The van der Waals surface area contributed by atoms with Gasteiger partial charge in [0.2, 0.25) is 0 Å². The molecular weight excluding hydrogens is 289 g/mol. The summed E-state index contributed by atoms with van der Waals surface area (Å²) in [7, 11) is 0. The van der Waals surface area contributed by atoms with Crippen LogP contribution in [0, 0.1) is 0 Å². The van der Waals surface area contributed by atoms with Gasteiger partial charge in [0.25, 0.3) is 0 Å². The SMILES string of the molecule is Nc1c(Cl)cccc1NCc1ccc(C(F)(F)F)cc1. The lowest BCUT2D eigenvalue weighted by atomic mass is 10.1. The molecule has 0 aliphatic heterocycles. The van der Waals surface area contributed by atoms with Gasteiger partial charge in [-0.15, -0.1) is 0 Å². The van der Waals surface area contributed by atoms with E-state index in [0.29, 0.717) is 22.9 Å². The first-order valence-electron chi connectivity index (χ1n) is 5.82. The summed E-state index contributed by atoms with van der Waals surface area (Å²) in [5.74, 6) is 0. The Bertz CT molecular complexity index is 594. The molecule has 2 nitrogen and oxygen atoms in total. The smallest absolute Gasteiger partial charge is 0.396 e. The lowest BCUT2D eigenvalue weighted by Crippen LogP contribution is -2.06. The molecule has 0 radical (unpaired) electrons. The first-order chi connectivity index (χ1) is 9.38. The standard InChI is InChI=1S/C14H12ClF3N2/c15-11-2-1-3-12(13(11)19)20-8-9-4-6-10(7-5-9)14(16,17)18/h1-7,20H,8,19H2. The maximum atomic E-state index is 12.4. The van der Waals surface area contributed by atoms with E-state index in [4.69, 9.17) is 17.3 Å². The van der Waals surface area contributed by atoms with Crippen molar-refractivity contribution in [1.29, 1.82) is 0 Å². The second-order valence-electron chi connectivity index (χ2n) is 4.25. The quantitative estimate of drug-likeness (QED) is 0.816. The molecule has 6 heteroatoms. The molecule has 2 aromatic rings. The van der Waals surface area contributed by atoms with Crippen LogP contribution in [-0.2, 0) is 12.7 Å². The Morgan fingerprint density at radius 2 is 1.70 bits per heavy atom. The molecule has 2 rings (SSSR count). The van der Waals surface area contributed by atoms with E-state index in [1.165, 1.54) is 12.1 Å².